The molecular weight excluding hydrogens is 288 g/mol. The highest BCUT2D eigenvalue weighted by molar-refractivity contribution is 7.13. The van der Waals surface area contributed by atoms with Gasteiger partial charge < -0.3 is 0 Å². The van der Waals surface area contributed by atoms with Crippen LogP contribution in [0.1, 0.15) is 45.3 Å². The maximum atomic E-state index is 11.9. The van der Waals surface area contributed by atoms with Gasteiger partial charge in [0.15, 0.2) is 0 Å². The summed E-state index contributed by atoms with van der Waals surface area (Å²) in [7, 11) is 0. The monoisotopic (exact) mass is 306 g/mol. The lowest BCUT2D eigenvalue weighted by molar-refractivity contribution is 0.0955. The summed E-state index contributed by atoms with van der Waals surface area (Å²) in [6.45, 7) is 4.26. The molecule has 0 saturated carbocycles. The van der Waals surface area contributed by atoms with Crippen molar-refractivity contribution in [2.24, 2.45) is 5.10 Å². The number of thiophene rings is 2. The van der Waals surface area contributed by atoms with E-state index < -0.39 is 0 Å². The van der Waals surface area contributed by atoms with Crippen LogP contribution >= 0.6 is 22.7 Å². The molecule has 0 aromatic carbocycles. The average molecular weight is 306 g/mol. The van der Waals surface area contributed by atoms with Gasteiger partial charge >= 0.3 is 0 Å². The number of nitrogens with one attached hydrogen (secondary N) is 1. The fraction of sp³-hybridized carbons (Fsp3) is 0.333. The van der Waals surface area contributed by atoms with Crippen LogP contribution in [-0.4, -0.2) is 12.1 Å². The van der Waals surface area contributed by atoms with Crippen molar-refractivity contribution < 1.29 is 4.79 Å². The third kappa shape index (κ3) is 4.02. The van der Waals surface area contributed by atoms with Gasteiger partial charge in [-0.2, -0.15) is 5.10 Å². The molecule has 0 spiro atoms. The summed E-state index contributed by atoms with van der Waals surface area (Å²) in [6.07, 6.45) is 4.84. The Morgan fingerprint density at radius 1 is 1.35 bits per heavy atom. The zero-order valence-electron chi connectivity index (χ0n) is 11.7. The first-order valence-corrected chi connectivity index (χ1v) is 8.42. The Hall–Kier alpha value is -1.46. The van der Waals surface area contributed by atoms with Crippen LogP contribution in [0, 0.1) is 0 Å². The molecule has 0 fully saturated rings. The number of hydrazone groups is 1. The second-order valence-corrected chi connectivity index (χ2v) is 6.60. The lowest BCUT2D eigenvalue weighted by atomic mass is 10.2. The van der Waals surface area contributed by atoms with E-state index in [4.69, 9.17) is 0 Å². The van der Waals surface area contributed by atoms with E-state index >= 15 is 0 Å². The second kappa shape index (κ2) is 7.36. The van der Waals surface area contributed by atoms with Gasteiger partial charge in [-0.15, -0.1) is 22.7 Å². The van der Waals surface area contributed by atoms with E-state index in [0.717, 1.165) is 24.1 Å². The summed E-state index contributed by atoms with van der Waals surface area (Å²) in [6, 6.07) is 6.05. The predicted octanol–water partition coefficient (Wildman–Crippen LogP) is 4.09. The summed E-state index contributed by atoms with van der Waals surface area (Å²) >= 11 is 3.32. The first-order chi connectivity index (χ1) is 9.72. The van der Waals surface area contributed by atoms with E-state index in [2.05, 4.69) is 30.4 Å². The maximum Gasteiger partial charge on any atom is 0.272 e. The van der Waals surface area contributed by atoms with E-state index in [1.165, 1.54) is 9.75 Å². The summed E-state index contributed by atoms with van der Waals surface area (Å²) in [5.41, 5.74) is 3.26. The first-order valence-electron chi connectivity index (χ1n) is 6.72. The Morgan fingerprint density at radius 2 is 2.20 bits per heavy atom. The summed E-state index contributed by atoms with van der Waals surface area (Å²) in [4.78, 5) is 15.5. The van der Waals surface area contributed by atoms with Crippen LogP contribution in [0.4, 0.5) is 0 Å². The average Bonchev–Trinajstić information content (AvgIpc) is 3.08. The lowest BCUT2D eigenvalue weighted by Crippen LogP contribution is -2.16. The van der Waals surface area contributed by atoms with E-state index in [1.54, 1.807) is 28.9 Å². The number of rotatable bonds is 6. The highest BCUT2D eigenvalue weighted by Gasteiger charge is 2.07. The van der Waals surface area contributed by atoms with Crippen molar-refractivity contribution in [1.82, 2.24) is 5.43 Å². The Morgan fingerprint density at radius 3 is 2.90 bits per heavy atom. The smallest absolute Gasteiger partial charge is 0.267 e. The van der Waals surface area contributed by atoms with Crippen LogP contribution < -0.4 is 5.43 Å². The summed E-state index contributed by atoms with van der Waals surface area (Å²) in [5, 5.41) is 5.90. The zero-order valence-corrected chi connectivity index (χ0v) is 13.3. The van der Waals surface area contributed by atoms with Crippen molar-refractivity contribution in [3.63, 3.8) is 0 Å². The molecule has 0 bridgehead atoms. The lowest BCUT2D eigenvalue weighted by Gasteiger charge is -1.95. The molecular formula is C15H18N2OS2. The number of carbonyl (C=O) groups is 1. The topological polar surface area (TPSA) is 41.5 Å². The summed E-state index contributed by atoms with van der Waals surface area (Å²) < 4.78 is 0. The second-order valence-electron chi connectivity index (χ2n) is 4.41. The van der Waals surface area contributed by atoms with E-state index in [1.807, 2.05) is 17.5 Å². The molecule has 2 aromatic rings. The molecule has 0 unspecified atom stereocenters. The molecule has 0 aliphatic heterocycles. The van der Waals surface area contributed by atoms with Crippen LogP contribution in [0.3, 0.4) is 0 Å². The number of carbonyl (C=O) groups excluding carboxylic acids is 1. The molecule has 0 aliphatic rings. The van der Waals surface area contributed by atoms with Crippen LogP contribution in [0.15, 0.2) is 28.7 Å². The molecule has 106 valence electrons. The van der Waals surface area contributed by atoms with Crippen molar-refractivity contribution in [3.05, 3.63) is 43.8 Å². The highest BCUT2D eigenvalue weighted by atomic mass is 32.1. The zero-order chi connectivity index (χ0) is 14.4. The first kappa shape index (κ1) is 14.9. The molecule has 0 atom stereocenters. The Bertz CT molecular complexity index is 599. The van der Waals surface area contributed by atoms with Gasteiger partial charge in [-0.1, -0.05) is 20.3 Å². The van der Waals surface area contributed by atoms with Crippen molar-refractivity contribution in [2.45, 2.75) is 33.1 Å². The summed E-state index contributed by atoms with van der Waals surface area (Å²) in [5.74, 6) is -0.146. The number of aryl methyl sites for hydroxylation is 2. The van der Waals surface area contributed by atoms with Crippen LogP contribution in [-0.2, 0) is 12.8 Å². The Kier molecular flexibility index (Phi) is 5.49. The van der Waals surface area contributed by atoms with Crippen molar-refractivity contribution in [3.8, 4) is 0 Å². The van der Waals surface area contributed by atoms with Gasteiger partial charge in [-0.25, -0.2) is 5.43 Å². The van der Waals surface area contributed by atoms with Crippen molar-refractivity contribution >= 4 is 34.8 Å². The van der Waals surface area contributed by atoms with Gasteiger partial charge in [0.05, 0.1) is 11.8 Å². The molecule has 3 nitrogen and oxygen atoms in total. The quantitative estimate of drug-likeness (QED) is 0.634. The molecule has 2 heterocycles. The fourth-order valence-electron chi connectivity index (χ4n) is 1.75. The molecule has 0 aliphatic carbocycles. The van der Waals surface area contributed by atoms with Crippen molar-refractivity contribution in [1.29, 1.82) is 0 Å². The predicted molar refractivity (Wildman–Crippen MR) is 87.1 cm³/mol. The number of hydrogen-bond acceptors (Lipinski definition) is 4. The SMILES string of the molecule is CCCc1cc(C(=O)NN=Cc2ccc(CC)s2)cs1. The molecule has 0 saturated heterocycles. The van der Waals surface area contributed by atoms with Crippen LogP contribution in [0.2, 0.25) is 0 Å². The molecule has 20 heavy (non-hydrogen) atoms. The molecule has 1 N–H and O–H groups in total. The van der Waals surface area contributed by atoms with E-state index in [9.17, 15) is 4.79 Å². The van der Waals surface area contributed by atoms with Gasteiger partial charge in [0.1, 0.15) is 0 Å². The van der Waals surface area contributed by atoms with Crippen LogP contribution in [0.25, 0.3) is 0 Å². The molecule has 5 heteroatoms. The largest absolute Gasteiger partial charge is 0.272 e. The minimum atomic E-state index is -0.146. The Balaban J connectivity index is 1.90. The van der Waals surface area contributed by atoms with Gasteiger partial charge in [0.25, 0.3) is 5.91 Å². The third-order valence-electron chi connectivity index (χ3n) is 2.80. The van der Waals surface area contributed by atoms with E-state index in [-0.39, 0.29) is 5.91 Å². The maximum absolute atomic E-state index is 11.9. The number of amides is 1. The van der Waals surface area contributed by atoms with Gasteiger partial charge in [-0.3, -0.25) is 4.79 Å². The minimum Gasteiger partial charge on any atom is -0.267 e. The normalized spacial score (nSPS) is 11.1. The van der Waals surface area contributed by atoms with E-state index in [0.29, 0.717) is 5.56 Å². The third-order valence-corrected chi connectivity index (χ3v) is 4.96. The van der Waals surface area contributed by atoms with Gasteiger partial charge in [0.2, 0.25) is 0 Å². The number of nitrogens with zero attached hydrogens (tertiary/aromatic N) is 1. The Labute approximate surface area is 127 Å². The number of hydrogen-bond donors (Lipinski definition) is 1. The van der Waals surface area contributed by atoms with Gasteiger partial charge in [-0.05, 0) is 31.0 Å². The van der Waals surface area contributed by atoms with Crippen molar-refractivity contribution in [2.75, 3.05) is 0 Å². The molecule has 2 rings (SSSR count). The molecule has 2 aromatic heterocycles. The molecule has 1 amide bonds. The minimum absolute atomic E-state index is 0.146. The standard InChI is InChI=1S/C15H18N2OS2/c1-3-5-13-8-11(10-19-13)15(18)17-16-9-14-7-6-12(4-2)20-14/h6-10H,3-5H2,1-2H3,(H,17,18). The molecule has 0 radical (unpaired) electrons. The van der Waals surface area contributed by atoms with Crippen LogP contribution in [0.5, 0.6) is 0 Å². The van der Waals surface area contributed by atoms with Gasteiger partial charge in [0, 0.05) is 20.0 Å². The fourth-order valence-corrected chi connectivity index (χ4v) is 3.55. The highest BCUT2D eigenvalue weighted by Crippen LogP contribution is 2.16.